The van der Waals surface area contributed by atoms with Gasteiger partial charge in [-0.3, -0.25) is 0 Å². The summed E-state index contributed by atoms with van der Waals surface area (Å²) in [6.07, 6.45) is 3.06. The highest BCUT2D eigenvalue weighted by molar-refractivity contribution is 6.31. The Balaban J connectivity index is 2.05. The molecule has 0 saturated heterocycles. The van der Waals surface area contributed by atoms with Gasteiger partial charge < -0.3 is 10.3 Å². The molecule has 0 amide bonds. The minimum absolute atomic E-state index is 0.604. The Hall–Kier alpha value is -1.93. The topological polar surface area (TPSA) is 30.9 Å². The van der Waals surface area contributed by atoms with E-state index in [0.717, 1.165) is 33.7 Å². The first-order valence-electron chi connectivity index (χ1n) is 7.20. The van der Waals surface area contributed by atoms with Gasteiger partial charge in [-0.05, 0) is 54.3 Å². The Morgan fingerprint density at radius 3 is 2.62 bits per heavy atom. The lowest BCUT2D eigenvalue weighted by atomic mass is 10.0. The van der Waals surface area contributed by atoms with E-state index in [4.69, 9.17) is 17.3 Å². The lowest BCUT2D eigenvalue weighted by Crippen LogP contribution is -2.01. The highest BCUT2D eigenvalue weighted by Gasteiger charge is 2.07. The van der Waals surface area contributed by atoms with Gasteiger partial charge >= 0.3 is 0 Å². The maximum atomic E-state index is 6.21. The number of hydrogen-bond acceptors (Lipinski definition) is 1. The lowest BCUT2D eigenvalue weighted by molar-refractivity contribution is 0.648. The van der Waals surface area contributed by atoms with Crippen LogP contribution in [0.25, 0.3) is 16.6 Å². The third-order valence-corrected chi connectivity index (χ3v) is 3.92. The van der Waals surface area contributed by atoms with Gasteiger partial charge in [0.2, 0.25) is 0 Å². The summed E-state index contributed by atoms with van der Waals surface area (Å²) in [6, 6.07) is 14.3. The highest BCUT2D eigenvalue weighted by Crippen LogP contribution is 2.26. The fraction of sp³-hybridized carbons (Fsp3) is 0.222. The molecule has 0 saturated carbocycles. The van der Waals surface area contributed by atoms with Gasteiger partial charge in [-0.25, -0.2) is 0 Å². The normalized spacial score (nSPS) is 11.4. The fourth-order valence-corrected chi connectivity index (χ4v) is 2.88. The molecule has 3 aromatic rings. The number of nitrogen functional groups attached to an aromatic ring is 1. The second-order valence-corrected chi connectivity index (χ2v) is 6.31. The summed E-state index contributed by atoms with van der Waals surface area (Å²) in [6.45, 7) is 4.41. The van der Waals surface area contributed by atoms with E-state index in [9.17, 15) is 0 Å². The van der Waals surface area contributed by atoms with Crippen LogP contribution in [0.2, 0.25) is 5.02 Å². The largest absolute Gasteiger partial charge is 0.398 e. The molecule has 0 aliphatic rings. The number of nitrogens with zero attached hydrogens (tertiary/aromatic N) is 1. The SMILES string of the molecule is CC(C)Cc1ccc(-n2ccc3cc(Cl)ccc32)cc1N. The molecule has 0 spiro atoms. The Bertz CT molecular complexity index is 787. The molecule has 0 aliphatic carbocycles. The van der Waals surface area contributed by atoms with E-state index in [2.05, 4.69) is 42.8 Å². The maximum absolute atomic E-state index is 6.21. The molecule has 2 aromatic carbocycles. The molecular weight excluding hydrogens is 280 g/mol. The molecule has 0 radical (unpaired) electrons. The van der Waals surface area contributed by atoms with Gasteiger partial charge in [0.15, 0.2) is 0 Å². The number of fused-ring (bicyclic) bond motifs is 1. The molecule has 3 rings (SSSR count). The van der Waals surface area contributed by atoms with Crippen LogP contribution in [-0.2, 0) is 6.42 Å². The van der Waals surface area contributed by atoms with E-state index >= 15 is 0 Å². The molecule has 1 heterocycles. The van der Waals surface area contributed by atoms with Crippen LogP contribution >= 0.6 is 11.6 Å². The standard InChI is InChI=1S/C18H19ClN2/c1-12(2)9-13-3-5-16(11-17(13)20)21-8-7-14-10-15(19)4-6-18(14)21/h3-8,10-12H,9,20H2,1-2H3. The van der Waals surface area contributed by atoms with Crippen LogP contribution in [0.15, 0.2) is 48.7 Å². The second-order valence-electron chi connectivity index (χ2n) is 5.87. The van der Waals surface area contributed by atoms with Crippen LogP contribution in [0.1, 0.15) is 19.4 Å². The van der Waals surface area contributed by atoms with Crippen molar-refractivity contribution in [3.8, 4) is 5.69 Å². The minimum Gasteiger partial charge on any atom is -0.398 e. The van der Waals surface area contributed by atoms with E-state index in [1.54, 1.807) is 0 Å². The molecule has 21 heavy (non-hydrogen) atoms. The van der Waals surface area contributed by atoms with E-state index < -0.39 is 0 Å². The van der Waals surface area contributed by atoms with E-state index in [-0.39, 0.29) is 0 Å². The van der Waals surface area contributed by atoms with Gasteiger partial charge in [0.25, 0.3) is 0 Å². The van der Waals surface area contributed by atoms with Crippen molar-refractivity contribution in [3.63, 3.8) is 0 Å². The molecule has 2 N–H and O–H groups in total. The number of anilines is 1. The Labute approximate surface area is 130 Å². The quantitative estimate of drug-likeness (QED) is 0.673. The number of aromatic nitrogens is 1. The monoisotopic (exact) mass is 298 g/mol. The van der Waals surface area contributed by atoms with Crippen molar-refractivity contribution in [2.24, 2.45) is 5.92 Å². The summed E-state index contributed by atoms with van der Waals surface area (Å²) in [5, 5.41) is 1.89. The van der Waals surface area contributed by atoms with Crippen molar-refractivity contribution in [2.45, 2.75) is 20.3 Å². The van der Waals surface area contributed by atoms with E-state index in [0.29, 0.717) is 5.92 Å². The predicted octanol–water partition coefficient (Wildman–Crippen LogP) is 5.06. The summed E-state index contributed by atoms with van der Waals surface area (Å²) in [4.78, 5) is 0. The third-order valence-electron chi connectivity index (χ3n) is 3.69. The number of hydrogen-bond donors (Lipinski definition) is 1. The van der Waals surface area contributed by atoms with Crippen LogP contribution in [-0.4, -0.2) is 4.57 Å². The molecule has 0 unspecified atom stereocenters. The van der Waals surface area contributed by atoms with E-state index in [1.165, 1.54) is 5.56 Å². The fourth-order valence-electron chi connectivity index (χ4n) is 2.70. The first kappa shape index (κ1) is 14.0. The molecule has 1 aromatic heterocycles. The lowest BCUT2D eigenvalue weighted by Gasteiger charge is -2.12. The first-order valence-corrected chi connectivity index (χ1v) is 7.58. The molecule has 0 atom stereocenters. The van der Waals surface area contributed by atoms with Gasteiger partial charge in [0.05, 0.1) is 5.52 Å². The van der Waals surface area contributed by atoms with Crippen molar-refractivity contribution in [1.29, 1.82) is 0 Å². The van der Waals surface area contributed by atoms with Crippen molar-refractivity contribution in [2.75, 3.05) is 5.73 Å². The highest BCUT2D eigenvalue weighted by atomic mass is 35.5. The van der Waals surface area contributed by atoms with Gasteiger partial charge in [-0.15, -0.1) is 0 Å². The maximum Gasteiger partial charge on any atom is 0.0529 e. The predicted molar refractivity (Wildman–Crippen MR) is 91.2 cm³/mol. The van der Waals surface area contributed by atoms with Crippen LogP contribution in [0.5, 0.6) is 0 Å². The first-order chi connectivity index (χ1) is 10.0. The molecule has 0 aliphatic heterocycles. The van der Waals surface area contributed by atoms with E-state index in [1.807, 2.05) is 24.3 Å². The third kappa shape index (κ3) is 2.77. The molecule has 3 heteroatoms. The number of nitrogens with two attached hydrogens (primary N) is 1. The van der Waals surface area contributed by atoms with Gasteiger partial charge in [-0.1, -0.05) is 31.5 Å². The zero-order chi connectivity index (χ0) is 15.0. The van der Waals surface area contributed by atoms with Crippen molar-refractivity contribution >= 4 is 28.2 Å². The Morgan fingerprint density at radius 2 is 1.90 bits per heavy atom. The summed E-state index contributed by atoms with van der Waals surface area (Å²) in [5.74, 6) is 0.604. The van der Waals surface area contributed by atoms with Crippen LogP contribution in [0, 0.1) is 5.92 Å². The van der Waals surface area contributed by atoms with Crippen LogP contribution in [0.4, 0.5) is 5.69 Å². The average Bonchev–Trinajstić information content (AvgIpc) is 2.83. The van der Waals surface area contributed by atoms with Crippen molar-refractivity contribution < 1.29 is 0 Å². The number of benzene rings is 2. The summed E-state index contributed by atoms with van der Waals surface area (Å²) < 4.78 is 2.14. The molecule has 108 valence electrons. The van der Waals surface area contributed by atoms with Gasteiger partial charge in [0.1, 0.15) is 0 Å². The minimum atomic E-state index is 0.604. The summed E-state index contributed by atoms with van der Waals surface area (Å²) in [7, 11) is 0. The van der Waals surface area contributed by atoms with Crippen molar-refractivity contribution in [1.82, 2.24) is 4.57 Å². The van der Waals surface area contributed by atoms with Crippen LogP contribution < -0.4 is 5.73 Å². The number of halogens is 1. The summed E-state index contributed by atoms with van der Waals surface area (Å²) in [5.41, 5.74) is 10.5. The molecular formula is C18H19ClN2. The smallest absolute Gasteiger partial charge is 0.0529 e. The van der Waals surface area contributed by atoms with Gasteiger partial charge in [0, 0.05) is 28.0 Å². The van der Waals surface area contributed by atoms with Gasteiger partial charge in [-0.2, -0.15) is 0 Å². The second kappa shape index (κ2) is 5.45. The zero-order valence-electron chi connectivity index (χ0n) is 12.3. The molecule has 2 nitrogen and oxygen atoms in total. The Morgan fingerprint density at radius 1 is 1.10 bits per heavy atom. The Kier molecular flexibility index (Phi) is 3.64. The molecule has 0 bridgehead atoms. The zero-order valence-corrected chi connectivity index (χ0v) is 13.1. The average molecular weight is 299 g/mol. The summed E-state index contributed by atoms with van der Waals surface area (Å²) >= 11 is 6.04. The van der Waals surface area contributed by atoms with Crippen LogP contribution in [0.3, 0.4) is 0 Å². The number of rotatable bonds is 3. The molecule has 0 fully saturated rings. The van der Waals surface area contributed by atoms with Crippen molar-refractivity contribution in [3.05, 3.63) is 59.2 Å².